The Balaban J connectivity index is 3.01. The number of hydrogen-bond acceptors (Lipinski definition) is 1. The third-order valence-corrected chi connectivity index (χ3v) is 2.86. The molecule has 2 rings (SSSR count). The van der Waals surface area contributed by atoms with Crippen LogP contribution in [0.3, 0.4) is 0 Å². The molecular formula is C10H4BrClN2. The van der Waals surface area contributed by atoms with E-state index >= 15 is 0 Å². The van der Waals surface area contributed by atoms with Gasteiger partial charge in [-0.05, 0) is 11.5 Å². The third-order valence-electron chi connectivity index (χ3n) is 1.90. The first-order valence-corrected chi connectivity index (χ1v) is 5.01. The molecule has 0 amide bonds. The van der Waals surface area contributed by atoms with E-state index in [4.69, 9.17) is 18.2 Å². The maximum atomic E-state index is 6.99. The largest absolute Gasteiger partial charge is 0.360 e. The molecule has 0 saturated heterocycles. The van der Waals surface area contributed by atoms with E-state index in [1.165, 1.54) is 6.20 Å². The first kappa shape index (κ1) is 9.45. The van der Waals surface area contributed by atoms with E-state index in [2.05, 4.69) is 25.8 Å². The summed E-state index contributed by atoms with van der Waals surface area (Å²) in [5.74, 6) is 0.372. The SMILES string of the molecule is [C-]#[N+]c1ncc(Cl)c2cccc(Br)c12. The number of benzene rings is 1. The lowest BCUT2D eigenvalue weighted by molar-refractivity contribution is 1.38. The topological polar surface area (TPSA) is 17.2 Å². The van der Waals surface area contributed by atoms with Crippen molar-refractivity contribution in [1.82, 2.24) is 4.98 Å². The van der Waals surface area contributed by atoms with Crippen LogP contribution in [-0.4, -0.2) is 4.98 Å². The number of pyridine rings is 1. The fraction of sp³-hybridized carbons (Fsp3) is 0. The van der Waals surface area contributed by atoms with Crippen molar-refractivity contribution in [3.8, 4) is 0 Å². The van der Waals surface area contributed by atoms with Crippen molar-refractivity contribution in [1.29, 1.82) is 0 Å². The van der Waals surface area contributed by atoms with E-state index < -0.39 is 0 Å². The average Bonchev–Trinajstić information content (AvgIpc) is 2.20. The lowest BCUT2D eigenvalue weighted by atomic mass is 10.1. The molecule has 0 saturated carbocycles. The van der Waals surface area contributed by atoms with Gasteiger partial charge in [0.1, 0.15) is 6.20 Å². The van der Waals surface area contributed by atoms with Gasteiger partial charge >= 0.3 is 0 Å². The smallest absolute Gasteiger partial charge is 0.278 e. The van der Waals surface area contributed by atoms with Crippen molar-refractivity contribution in [3.05, 3.63) is 45.3 Å². The summed E-state index contributed by atoms with van der Waals surface area (Å²) in [4.78, 5) is 7.32. The molecule has 1 heterocycles. The van der Waals surface area contributed by atoms with Crippen molar-refractivity contribution in [2.45, 2.75) is 0 Å². The molecule has 4 heteroatoms. The molecule has 2 nitrogen and oxygen atoms in total. The fourth-order valence-corrected chi connectivity index (χ4v) is 2.04. The highest BCUT2D eigenvalue weighted by Crippen LogP contribution is 2.34. The highest BCUT2D eigenvalue weighted by atomic mass is 79.9. The average molecular weight is 268 g/mol. The van der Waals surface area contributed by atoms with Crippen molar-refractivity contribution in [2.75, 3.05) is 0 Å². The van der Waals surface area contributed by atoms with Crippen LogP contribution in [0.2, 0.25) is 5.02 Å². The summed E-state index contributed by atoms with van der Waals surface area (Å²) in [6.45, 7) is 6.99. The van der Waals surface area contributed by atoms with Crippen molar-refractivity contribution in [2.24, 2.45) is 0 Å². The molecule has 0 aliphatic rings. The molecule has 14 heavy (non-hydrogen) atoms. The molecule has 0 N–H and O–H groups in total. The van der Waals surface area contributed by atoms with Crippen LogP contribution in [0.25, 0.3) is 15.6 Å². The minimum Gasteiger partial charge on any atom is -0.360 e. The maximum absolute atomic E-state index is 6.99. The lowest BCUT2D eigenvalue weighted by Crippen LogP contribution is -1.80. The Kier molecular flexibility index (Phi) is 2.40. The zero-order valence-electron chi connectivity index (χ0n) is 6.96. The molecule has 1 aromatic heterocycles. The van der Waals surface area contributed by atoms with Crippen LogP contribution in [0.4, 0.5) is 5.82 Å². The second-order valence-electron chi connectivity index (χ2n) is 2.70. The van der Waals surface area contributed by atoms with Crippen molar-refractivity contribution in [3.63, 3.8) is 0 Å². The maximum Gasteiger partial charge on any atom is 0.278 e. The summed E-state index contributed by atoms with van der Waals surface area (Å²) >= 11 is 9.35. The summed E-state index contributed by atoms with van der Waals surface area (Å²) in [6.07, 6.45) is 1.50. The van der Waals surface area contributed by atoms with E-state index in [-0.39, 0.29) is 0 Å². The molecule has 0 aliphatic heterocycles. The van der Waals surface area contributed by atoms with Crippen LogP contribution in [0.15, 0.2) is 28.9 Å². The van der Waals surface area contributed by atoms with Gasteiger partial charge in [-0.25, -0.2) is 0 Å². The van der Waals surface area contributed by atoms with Crippen molar-refractivity contribution < 1.29 is 0 Å². The Morgan fingerprint density at radius 3 is 2.93 bits per heavy atom. The number of halogens is 2. The fourth-order valence-electron chi connectivity index (χ4n) is 1.29. The molecule has 68 valence electrons. The van der Waals surface area contributed by atoms with E-state index in [9.17, 15) is 0 Å². The molecule has 0 bridgehead atoms. The molecule has 0 aliphatic carbocycles. The van der Waals surface area contributed by atoms with Gasteiger partial charge in [0.15, 0.2) is 0 Å². The highest BCUT2D eigenvalue weighted by Gasteiger charge is 2.09. The van der Waals surface area contributed by atoms with Gasteiger partial charge in [-0.2, -0.15) is 0 Å². The Hall–Kier alpha value is -1.11. The summed E-state index contributed by atoms with van der Waals surface area (Å²) in [7, 11) is 0. The van der Waals surface area contributed by atoms with Crippen LogP contribution < -0.4 is 0 Å². The van der Waals surface area contributed by atoms with Gasteiger partial charge in [-0.15, -0.1) is 4.98 Å². The number of rotatable bonds is 0. The van der Waals surface area contributed by atoms with Crippen LogP contribution in [0.1, 0.15) is 0 Å². The number of aromatic nitrogens is 1. The van der Waals surface area contributed by atoms with Crippen molar-refractivity contribution >= 4 is 44.1 Å². The minimum absolute atomic E-state index is 0.372. The zero-order valence-corrected chi connectivity index (χ0v) is 9.30. The highest BCUT2D eigenvalue weighted by molar-refractivity contribution is 9.10. The Morgan fingerprint density at radius 2 is 2.21 bits per heavy atom. The standard InChI is InChI=1S/C10H4BrClN2/c1-13-10-9-6(8(12)5-14-10)3-2-4-7(9)11/h2-5H. The number of fused-ring (bicyclic) bond motifs is 1. The molecule has 1 aromatic carbocycles. The summed E-state index contributed by atoms with van der Waals surface area (Å²) in [6, 6.07) is 5.62. The number of hydrogen-bond donors (Lipinski definition) is 0. The van der Waals surface area contributed by atoms with Crippen LogP contribution in [0, 0.1) is 6.57 Å². The second kappa shape index (κ2) is 3.56. The van der Waals surface area contributed by atoms with Gasteiger partial charge in [0.05, 0.1) is 5.02 Å². The van der Waals surface area contributed by atoms with Gasteiger partial charge < -0.3 is 4.85 Å². The normalized spacial score (nSPS) is 10.1. The van der Waals surface area contributed by atoms with Gasteiger partial charge in [0, 0.05) is 9.86 Å². The Labute approximate surface area is 94.5 Å². The monoisotopic (exact) mass is 266 g/mol. The summed E-state index contributed by atoms with van der Waals surface area (Å²) < 4.78 is 0.844. The minimum atomic E-state index is 0.372. The Morgan fingerprint density at radius 1 is 1.43 bits per heavy atom. The molecule has 0 spiro atoms. The second-order valence-corrected chi connectivity index (χ2v) is 3.97. The molecular weight excluding hydrogens is 263 g/mol. The number of nitrogens with zero attached hydrogens (tertiary/aromatic N) is 2. The molecule has 0 fully saturated rings. The van der Waals surface area contributed by atoms with Gasteiger partial charge in [-0.3, -0.25) is 0 Å². The van der Waals surface area contributed by atoms with Gasteiger partial charge in [0.25, 0.3) is 5.82 Å². The predicted molar refractivity (Wildman–Crippen MR) is 60.7 cm³/mol. The molecule has 0 atom stereocenters. The zero-order chi connectivity index (χ0) is 10.1. The first-order valence-electron chi connectivity index (χ1n) is 3.84. The van der Waals surface area contributed by atoms with Crippen LogP contribution >= 0.6 is 27.5 Å². The van der Waals surface area contributed by atoms with Crippen LogP contribution in [-0.2, 0) is 0 Å². The summed E-state index contributed by atoms with van der Waals surface area (Å²) in [5, 5.41) is 2.19. The van der Waals surface area contributed by atoms with E-state index in [0.717, 1.165) is 15.2 Å². The first-order chi connectivity index (χ1) is 6.74. The Bertz CT molecular complexity index is 546. The molecule has 2 aromatic rings. The summed E-state index contributed by atoms with van der Waals surface area (Å²) in [5.41, 5.74) is 0. The third kappa shape index (κ3) is 1.37. The van der Waals surface area contributed by atoms with Crippen LogP contribution in [0.5, 0.6) is 0 Å². The van der Waals surface area contributed by atoms with E-state index in [0.29, 0.717) is 10.8 Å². The van der Waals surface area contributed by atoms with Gasteiger partial charge in [-0.1, -0.05) is 46.2 Å². The van der Waals surface area contributed by atoms with Gasteiger partial charge in [0.2, 0.25) is 0 Å². The quantitative estimate of drug-likeness (QED) is 0.654. The predicted octanol–water partition coefficient (Wildman–Crippen LogP) is 4.20. The van der Waals surface area contributed by atoms with E-state index in [1.807, 2.05) is 18.2 Å². The molecule has 0 radical (unpaired) electrons. The van der Waals surface area contributed by atoms with E-state index in [1.54, 1.807) is 0 Å². The molecule has 0 unspecified atom stereocenters. The lowest BCUT2D eigenvalue weighted by Gasteiger charge is -2.02.